The molecule has 1 aliphatic heterocycles. The standard InChI is InChI=1S/C15H28N2/c1-14(2)11-6-7-15(14,3)13(9-11)17-10-12-5-4-8-16-12/h11-13,16-17H,4-10H2,1-3H3/t11-,12+,13+,15+/m1/s1. The minimum Gasteiger partial charge on any atom is -0.313 e. The average Bonchev–Trinajstić information content (AvgIpc) is 2.91. The fraction of sp³-hybridized carbons (Fsp3) is 1.00. The molecule has 2 heteroatoms. The van der Waals surface area contributed by atoms with E-state index in [0.717, 1.165) is 18.0 Å². The van der Waals surface area contributed by atoms with E-state index in [2.05, 4.69) is 31.4 Å². The highest BCUT2D eigenvalue weighted by molar-refractivity contribution is 5.13. The van der Waals surface area contributed by atoms with E-state index in [1.54, 1.807) is 0 Å². The Balaban J connectivity index is 1.62. The van der Waals surface area contributed by atoms with Gasteiger partial charge in [-0.15, -0.1) is 0 Å². The van der Waals surface area contributed by atoms with Gasteiger partial charge in [0.25, 0.3) is 0 Å². The fourth-order valence-electron chi connectivity index (χ4n) is 4.73. The highest BCUT2D eigenvalue weighted by Crippen LogP contribution is 2.65. The molecule has 0 amide bonds. The molecule has 1 saturated heterocycles. The van der Waals surface area contributed by atoms with Crippen molar-refractivity contribution in [1.29, 1.82) is 0 Å². The molecule has 0 aromatic heterocycles. The highest BCUT2D eigenvalue weighted by Gasteiger charge is 2.60. The van der Waals surface area contributed by atoms with Crippen molar-refractivity contribution < 1.29 is 0 Å². The van der Waals surface area contributed by atoms with Crippen LogP contribution in [-0.2, 0) is 0 Å². The molecule has 17 heavy (non-hydrogen) atoms. The Bertz CT molecular complexity index is 293. The van der Waals surface area contributed by atoms with Crippen LogP contribution in [0.4, 0.5) is 0 Å². The number of nitrogens with one attached hydrogen (secondary N) is 2. The first-order chi connectivity index (χ1) is 8.04. The van der Waals surface area contributed by atoms with Gasteiger partial charge in [0.1, 0.15) is 0 Å². The maximum absolute atomic E-state index is 3.89. The second kappa shape index (κ2) is 3.96. The topological polar surface area (TPSA) is 24.1 Å². The summed E-state index contributed by atoms with van der Waals surface area (Å²) in [6.07, 6.45) is 7.03. The predicted molar refractivity (Wildman–Crippen MR) is 72.0 cm³/mol. The first kappa shape index (κ1) is 12.0. The molecule has 2 aliphatic carbocycles. The van der Waals surface area contributed by atoms with E-state index in [1.807, 2.05) is 0 Å². The van der Waals surface area contributed by atoms with Crippen LogP contribution >= 0.6 is 0 Å². The molecule has 0 unspecified atom stereocenters. The Labute approximate surface area is 106 Å². The van der Waals surface area contributed by atoms with Crippen LogP contribution in [0.5, 0.6) is 0 Å². The molecule has 3 aliphatic rings. The third-order valence-electron chi connectivity index (χ3n) is 6.57. The summed E-state index contributed by atoms with van der Waals surface area (Å²) in [5.41, 5.74) is 1.09. The number of hydrogen-bond donors (Lipinski definition) is 2. The van der Waals surface area contributed by atoms with Crippen molar-refractivity contribution in [1.82, 2.24) is 10.6 Å². The van der Waals surface area contributed by atoms with Crippen molar-refractivity contribution in [3.8, 4) is 0 Å². The van der Waals surface area contributed by atoms with E-state index < -0.39 is 0 Å². The van der Waals surface area contributed by atoms with Gasteiger partial charge in [-0.25, -0.2) is 0 Å². The molecule has 2 N–H and O–H groups in total. The van der Waals surface area contributed by atoms with Crippen LogP contribution < -0.4 is 10.6 Å². The fourth-order valence-corrected chi connectivity index (χ4v) is 4.73. The van der Waals surface area contributed by atoms with Gasteiger partial charge in [-0.3, -0.25) is 0 Å². The molecular weight excluding hydrogens is 208 g/mol. The van der Waals surface area contributed by atoms with Crippen LogP contribution in [0.15, 0.2) is 0 Å². The van der Waals surface area contributed by atoms with Crippen molar-refractivity contribution in [3.63, 3.8) is 0 Å². The molecule has 3 fully saturated rings. The summed E-state index contributed by atoms with van der Waals surface area (Å²) in [4.78, 5) is 0. The average molecular weight is 236 g/mol. The summed E-state index contributed by atoms with van der Waals surface area (Å²) in [6, 6.07) is 1.50. The molecule has 2 saturated carbocycles. The van der Waals surface area contributed by atoms with Gasteiger partial charge in [-0.1, -0.05) is 20.8 Å². The Morgan fingerprint density at radius 3 is 2.59 bits per heavy atom. The Kier molecular flexibility index (Phi) is 2.79. The number of fused-ring (bicyclic) bond motifs is 2. The number of rotatable bonds is 3. The summed E-state index contributed by atoms with van der Waals surface area (Å²) in [6.45, 7) is 9.94. The van der Waals surface area contributed by atoms with E-state index in [0.29, 0.717) is 10.8 Å². The van der Waals surface area contributed by atoms with Gasteiger partial charge in [0.2, 0.25) is 0 Å². The van der Waals surface area contributed by atoms with Crippen molar-refractivity contribution in [2.24, 2.45) is 16.7 Å². The largest absolute Gasteiger partial charge is 0.313 e. The molecule has 0 aromatic rings. The smallest absolute Gasteiger partial charge is 0.0193 e. The van der Waals surface area contributed by atoms with Crippen molar-refractivity contribution >= 4 is 0 Å². The lowest BCUT2D eigenvalue weighted by atomic mass is 9.69. The van der Waals surface area contributed by atoms with Gasteiger partial charge in [-0.05, 0) is 55.4 Å². The molecule has 3 rings (SSSR count). The lowest BCUT2D eigenvalue weighted by Gasteiger charge is -2.40. The molecule has 4 atom stereocenters. The molecule has 98 valence electrons. The first-order valence-electron chi connectivity index (χ1n) is 7.51. The number of hydrogen-bond acceptors (Lipinski definition) is 2. The van der Waals surface area contributed by atoms with Crippen molar-refractivity contribution in [2.75, 3.05) is 13.1 Å². The van der Waals surface area contributed by atoms with Crippen LogP contribution in [0.3, 0.4) is 0 Å². The molecule has 0 radical (unpaired) electrons. The Hall–Kier alpha value is -0.0800. The summed E-state index contributed by atoms with van der Waals surface area (Å²) in [5, 5.41) is 7.48. The quantitative estimate of drug-likeness (QED) is 0.787. The van der Waals surface area contributed by atoms with Crippen LogP contribution in [0.25, 0.3) is 0 Å². The zero-order chi connectivity index (χ0) is 12.1. The molecule has 2 nitrogen and oxygen atoms in total. The van der Waals surface area contributed by atoms with Gasteiger partial charge in [-0.2, -0.15) is 0 Å². The minimum atomic E-state index is 0.538. The maximum atomic E-state index is 3.89. The van der Waals surface area contributed by atoms with Crippen LogP contribution in [-0.4, -0.2) is 25.2 Å². The Morgan fingerprint density at radius 2 is 2.06 bits per heavy atom. The summed E-state index contributed by atoms with van der Waals surface area (Å²) >= 11 is 0. The lowest BCUT2D eigenvalue weighted by molar-refractivity contribution is 0.120. The predicted octanol–water partition coefficient (Wildman–Crippen LogP) is 2.54. The maximum Gasteiger partial charge on any atom is 0.0193 e. The van der Waals surface area contributed by atoms with Gasteiger partial charge < -0.3 is 10.6 Å². The second-order valence-corrected chi connectivity index (χ2v) is 7.36. The molecule has 0 aromatic carbocycles. The highest BCUT2D eigenvalue weighted by atomic mass is 15.0. The SMILES string of the molecule is CC1(C)[C@@H]2CC[C@@]1(C)[C@@H](NC[C@@H]1CCCN1)C2. The molecule has 2 bridgehead atoms. The van der Waals surface area contributed by atoms with E-state index in [1.165, 1.54) is 45.2 Å². The van der Waals surface area contributed by atoms with E-state index in [4.69, 9.17) is 0 Å². The van der Waals surface area contributed by atoms with Gasteiger partial charge in [0.15, 0.2) is 0 Å². The van der Waals surface area contributed by atoms with Crippen LogP contribution in [0.1, 0.15) is 52.9 Å². The van der Waals surface area contributed by atoms with Gasteiger partial charge in [0, 0.05) is 18.6 Å². The third kappa shape index (κ3) is 1.67. The third-order valence-corrected chi connectivity index (χ3v) is 6.57. The Morgan fingerprint density at radius 1 is 1.24 bits per heavy atom. The normalized spacial score (nSPS) is 47.8. The second-order valence-electron chi connectivity index (χ2n) is 7.36. The first-order valence-corrected chi connectivity index (χ1v) is 7.51. The van der Waals surface area contributed by atoms with Crippen molar-refractivity contribution in [2.45, 2.75) is 65.0 Å². The lowest BCUT2D eigenvalue weighted by Crippen LogP contribution is -2.48. The minimum absolute atomic E-state index is 0.538. The van der Waals surface area contributed by atoms with Crippen molar-refractivity contribution in [3.05, 3.63) is 0 Å². The zero-order valence-corrected chi connectivity index (χ0v) is 11.7. The van der Waals surface area contributed by atoms with E-state index in [9.17, 15) is 0 Å². The van der Waals surface area contributed by atoms with Gasteiger partial charge in [0.05, 0.1) is 0 Å². The molecule has 0 spiro atoms. The van der Waals surface area contributed by atoms with E-state index in [-0.39, 0.29) is 0 Å². The van der Waals surface area contributed by atoms with Crippen LogP contribution in [0.2, 0.25) is 0 Å². The van der Waals surface area contributed by atoms with Gasteiger partial charge >= 0.3 is 0 Å². The summed E-state index contributed by atoms with van der Waals surface area (Å²) < 4.78 is 0. The monoisotopic (exact) mass is 236 g/mol. The zero-order valence-electron chi connectivity index (χ0n) is 11.7. The van der Waals surface area contributed by atoms with E-state index >= 15 is 0 Å². The summed E-state index contributed by atoms with van der Waals surface area (Å²) in [5.74, 6) is 0.960. The van der Waals surface area contributed by atoms with Crippen LogP contribution in [0, 0.1) is 16.7 Å². The summed E-state index contributed by atoms with van der Waals surface area (Å²) in [7, 11) is 0. The molecular formula is C15H28N2. The molecule has 1 heterocycles.